The van der Waals surface area contributed by atoms with E-state index in [4.69, 9.17) is 14.2 Å². The van der Waals surface area contributed by atoms with Crippen molar-refractivity contribution in [2.24, 2.45) is 5.92 Å². The molecule has 0 radical (unpaired) electrons. The highest BCUT2D eigenvalue weighted by atomic mass is 19.4. The van der Waals surface area contributed by atoms with Crippen LogP contribution in [0.2, 0.25) is 0 Å². The fraction of sp³-hybridized carbons (Fsp3) is 1.00. The highest BCUT2D eigenvalue weighted by Gasteiger charge is 2.95. The third-order valence-corrected chi connectivity index (χ3v) is 6.85. The quantitative estimate of drug-likeness (QED) is 0.0730. The smallest absolute Gasteiger partial charge is 0.331 e. The molecule has 0 spiro atoms. The molecule has 0 amide bonds. The highest BCUT2D eigenvalue weighted by Crippen LogP contribution is 2.64. The molecule has 1 atom stereocenters. The van der Waals surface area contributed by atoms with Crippen molar-refractivity contribution in [1.29, 1.82) is 0 Å². The molecule has 0 rings (SSSR count). The summed E-state index contributed by atoms with van der Waals surface area (Å²) in [4.78, 5) is 0. The van der Waals surface area contributed by atoms with Crippen LogP contribution in [0.15, 0.2) is 0 Å². The summed E-state index contributed by atoms with van der Waals surface area (Å²) >= 11 is 0. The van der Waals surface area contributed by atoms with E-state index in [0.29, 0.717) is 12.8 Å². The molecule has 0 aliphatic rings. The zero-order valence-electron chi connectivity index (χ0n) is 23.1. The molecule has 0 bridgehead atoms. The van der Waals surface area contributed by atoms with Crippen LogP contribution in [0.3, 0.4) is 0 Å². The largest absolute Gasteiger partial charge is 0.460 e. The van der Waals surface area contributed by atoms with Crippen LogP contribution in [0.4, 0.5) is 74.6 Å². The number of rotatable bonds is 20. The Hall–Kier alpha value is -1.31. The molecule has 20 heteroatoms. The van der Waals surface area contributed by atoms with Gasteiger partial charge in [-0.15, -0.1) is 0 Å². The lowest BCUT2D eigenvalue weighted by Crippen LogP contribution is -2.74. The SMILES string of the molecule is CCCCCCCCC(CCC(F)(F)C(F)(F)C(F)(F)C(F)(F)C(F)(F)C(F)(F)C(F)(F)C(F)(F)F)C(OC)(OC)OC. The minimum absolute atomic E-state index is 0.136. The summed E-state index contributed by atoms with van der Waals surface area (Å²) in [5, 5.41) is 0. The van der Waals surface area contributed by atoms with Gasteiger partial charge in [0.25, 0.3) is 5.97 Å². The molecule has 0 heterocycles. The molecule has 0 aromatic carbocycles. The van der Waals surface area contributed by atoms with E-state index in [-0.39, 0.29) is 12.8 Å². The van der Waals surface area contributed by atoms with Crippen LogP contribution in [-0.2, 0) is 14.2 Å². The first kappa shape index (κ1) is 41.7. The molecule has 0 fully saturated rings. The molecular formula is C23H31F17O3. The van der Waals surface area contributed by atoms with E-state index in [0.717, 1.165) is 40.6 Å². The zero-order valence-corrected chi connectivity index (χ0v) is 23.1. The van der Waals surface area contributed by atoms with Gasteiger partial charge in [0.15, 0.2) is 0 Å². The number of ether oxygens (including phenoxy) is 3. The van der Waals surface area contributed by atoms with E-state index in [1.54, 1.807) is 0 Å². The molecule has 0 aromatic rings. The van der Waals surface area contributed by atoms with Gasteiger partial charge in [-0.25, -0.2) is 0 Å². The van der Waals surface area contributed by atoms with Gasteiger partial charge in [-0.3, -0.25) is 0 Å². The van der Waals surface area contributed by atoms with E-state index in [1.807, 2.05) is 6.92 Å². The van der Waals surface area contributed by atoms with Crippen molar-refractivity contribution in [3.05, 3.63) is 0 Å². The van der Waals surface area contributed by atoms with E-state index < -0.39 is 72.4 Å². The van der Waals surface area contributed by atoms with Crippen LogP contribution in [0.1, 0.15) is 64.7 Å². The first-order valence-electron chi connectivity index (χ1n) is 12.5. The topological polar surface area (TPSA) is 27.7 Å². The van der Waals surface area contributed by atoms with Gasteiger partial charge in [0.05, 0.1) is 0 Å². The number of methoxy groups -OCH3 is 3. The summed E-state index contributed by atoms with van der Waals surface area (Å²) in [5.74, 6) is -60.4. The molecule has 0 aliphatic heterocycles. The molecule has 1 unspecified atom stereocenters. The molecule has 0 saturated heterocycles. The summed E-state index contributed by atoms with van der Waals surface area (Å²) in [5.41, 5.74) is 0. The maximum atomic E-state index is 14.5. The Morgan fingerprint density at radius 1 is 0.442 bits per heavy atom. The molecule has 260 valence electrons. The van der Waals surface area contributed by atoms with Crippen LogP contribution in [-0.4, -0.2) is 74.9 Å². The average molecular weight is 678 g/mol. The number of halogens is 17. The first-order chi connectivity index (χ1) is 19.1. The Morgan fingerprint density at radius 3 is 1.16 bits per heavy atom. The Labute approximate surface area is 235 Å². The van der Waals surface area contributed by atoms with Crippen molar-refractivity contribution in [1.82, 2.24) is 0 Å². The van der Waals surface area contributed by atoms with Crippen LogP contribution >= 0.6 is 0 Å². The van der Waals surface area contributed by atoms with E-state index in [2.05, 4.69) is 0 Å². The molecule has 43 heavy (non-hydrogen) atoms. The maximum Gasteiger partial charge on any atom is 0.460 e. The van der Waals surface area contributed by atoms with Gasteiger partial charge in [-0.2, -0.15) is 74.6 Å². The van der Waals surface area contributed by atoms with Crippen molar-refractivity contribution in [2.75, 3.05) is 21.3 Å². The fourth-order valence-corrected chi connectivity index (χ4v) is 4.13. The molecule has 0 aromatic heterocycles. The highest BCUT2D eigenvalue weighted by molar-refractivity contribution is 5.15. The number of alkyl halides is 17. The predicted octanol–water partition coefficient (Wildman–Crippen LogP) is 9.74. The van der Waals surface area contributed by atoms with Gasteiger partial charge in [0, 0.05) is 33.7 Å². The Morgan fingerprint density at radius 2 is 0.791 bits per heavy atom. The van der Waals surface area contributed by atoms with Crippen molar-refractivity contribution in [2.45, 2.75) is 118 Å². The summed E-state index contributed by atoms with van der Waals surface area (Å²) in [6.45, 7) is 1.89. The molecule has 0 saturated carbocycles. The van der Waals surface area contributed by atoms with Gasteiger partial charge in [0.1, 0.15) is 0 Å². The predicted molar refractivity (Wildman–Crippen MR) is 115 cm³/mol. The third-order valence-electron chi connectivity index (χ3n) is 6.85. The van der Waals surface area contributed by atoms with Gasteiger partial charge >= 0.3 is 47.6 Å². The van der Waals surface area contributed by atoms with E-state index in [9.17, 15) is 74.6 Å². The monoisotopic (exact) mass is 678 g/mol. The number of unbranched alkanes of at least 4 members (excludes halogenated alkanes) is 5. The average Bonchev–Trinajstić information content (AvgIpc) is 2.88. The lowest BCUT2D eigenvalue weighted by atomic mass is 9.85. The zero-order chi connectivity index (χ0) is 34.6. The van der Waals surface area contributed by atoms with Crippen molar-refractivity contribution >= 4 is 0 Å². The molecule has 0 aliphatic carbocycles. The van der Waals surface area contributed by atoms with E-state index in [1.165, 1.54) is 0 Å². The van der Waals surface area contributed by atoms with E-state index >= 15 is 0 Å². The van der Waals surface area contributed by atoms with Gasteiger partial charge in [-0.1, -0.05) is 45.4 Å². The summed E-state index contributed by atoms with van der Waals surface area (Å²) in [6.07, 6.45) is -8.52. The summed E-state index contributed by atoms with van der Waals surface area (Å²) < 4.78 is 245. The van der Waals surface area contributed by atoms with Crippen LogP contribution in [0.25, 0.3) is 0 Å². The van der Waals surface area contributed by atoms with Crippen LogP contribution < -0.4 is 0 Å². The lowest BCUT2D eigenvalue weighted by molar-refractivity contribution is -0.462. The second kappa shape index (κ2) is 14.0. The van der Waals surface area contributed by atoms with Gasteiger partial charge in [0.2, 0.25) is 0 Å². The summed E-state index contributed by atoms with van der Waals surface area (Å²) in [7, 11) is 2.63. The minimum Gasteiger partial charge on any atom is -0.331 e. The second-order valence-corrected chi connectivity index (χ2v) is 9.66. The Bertz CT molecular complexity index is 846. The second-order valence-electron chi connectivity index (χ2n) is 9.66. The maximum absolute atomic E-state index is 14.5. The molecule has 3 nitrogen and oxygen atoms in total. The van der Waals surface area contributed by atoms with Gasteiger partial charge in [-0.05, 0) is 12.8 Å². The van der Waals surface area contributed by atoms with Crippen LogP contribution in [0, 0.1) is 5.92 Å². The lowest BCUT2D eigenvalue weighted by Gasteiger charge is -2.43. The fourth-order valence-electron chi connectivity index (χ4n) is 4.13. The van der Waals surface area contributed by atoms with Crippen molar-refractivity contribution in [3.63, 3.8) is 0 Å². The minimum atomic E-state index is -8.65. The van der Waals surface area contributed by atoms with Crippen molar-refractivity contribution in [3.8, 4) is 0 Å². The summed E-state index contributed by atoms with van der Waals surface area (Å²) in [6, 6.07) is 0. The normalized spacial score (nSPS) is 16.1. The Balaban J connectivity index is 6.42. The van der Waals surface area contributed by atoms with Gasteiger partial charge < -0.3 is 14.2 Å². The number of hydrogen-bond acceptors (Lipinski definition) is 3. The first-order valence-corrected chi connectivity index (χ1v) is 12.5. The molecule has 0 N–H and O–H groups in total. The van der Waals surface area contributed by atoms with Crippen LogP contribution in [0.5, 0.6) is 0 Å². The number of hydrogen-bond donors (Lipinski definition) is 0. The Kier molecular flexibility index (Phi) is 13.6. The molecular weight excluding hydrogens is 647 g/mol. The third kappa shape index (κ3) is 7.41. The van der Waals surface area contributed by atoms with Crippen molar-refractivity contribution < 1.29 is 88.8 Å². The standard InChI is InChI=1S/C23H31F17O3/c1-5-6-7-8-9-10-11-14(16(41-2,42-3)43-4)12-13-15(24,25)17(26,27)18(28,29)19(30,31)20(32,33)21(34,35)22(36,37)23(38,39)40/h14H,5-13H2,1-4H3.